The maximum atomic E-state index is 12.7. The van der Waals surface area contributed by atoms with Crippen LogP contribution in [0.15, 0.2) is 36.4 Å². The van der Waals surface area contributed by atoms with E-state index in [1.807, 2.05) is 0 Å². The predicted molar refractivity (Wildman–Crippen MR) is 77.5 cm³/mol. The lowest BCUT2D eigenvalue weighted by molar-refractivity contribution is -0.311. The van der Waals surface area contributed by atoms with E-state index in [-0.39, 0.29) is 11.1 Å². The molecule has 1 aliphatic rings. The first-order valence-electron chi connectivity index (χ1n) is 7.22. The van der Waals surface area contributed by atoms with Crippen molar-refractivity contribution in [2.75, 3.05) is 0 Å². The van der Waals surface area contributed by atoms with Crippen LogP contribution in [0, 0.1) is 0 Å². The number of benzene rings is 2. The fourth-order valence-electron chi connectivity index (χ4n) is 2.94. The van der Waals surface area contributed by atoms with Gasteiger partial charge >= 0.3 is 0 Å². The number of nitrogens with zero attached hydrogens (tertiary/aromatic N) is 1. The van der Waals surface area contributed by atoms with Gasteiger partial charge in [0.25, 0.3) is 11.8 Å². The summed E-state index contributed by atoms with van der Waals surface area (Å²) in [6.45, 7) is 0. The predicted octanol–water partition coefficient (Wildman–Crippen LogP) is -0.916. The first-order valence-corrected chi connectivity index (χ1v) is 7.22. The van der Waals surface area contributed by atoms with Crippen molar-refractivity contribution < 1.29 is 29.4 Å². The van der Waals surface area contributed by atoms with Crippen molar-refractivity contribution in [3.8, 4) is 0 Å². The van der Waals surface area contributed by atoms with Gasteiger partial charge in [-0.2, -0.15) is 0 Å². The molecular formula is C17H11NO6-2. The van der Waals surface area contributed by atoms with Gasteiger partial charge in [0.1, 0.15) is 0 Å². The fraction of sp³-hybridized carbons (Fsp3) is 0.176. The molecule has 1 atom stereocenters. The van der Waals surface area contributed by atoms with Crippen LogP contribution in [0.25, 0.3) is 10.8 Å². The van der Waals surface area contributed by atoms with Gasteiger partial charge in [0.05, 0.1) is 12.0 Å². The Bertz CT molecular complexity index is 837. The highest BCUT2D eigenvalue weighted by Crippen LogP contribution is 2.31. The van der Waals surface area contributed by atoms with Gasteiger partial charge in [0.15, 0.2) is 0 Å². The van der Waals surface area contributed by atoms with Gasteiger partial charge in [0.2, 0.25) is 0 Å². The first-order chi connectivity index (χ1) is 11.4. The summed E-state index contributed by atoms with van der Waals surface area (Å²) in [5.41, 5.74) is 0.393. The van der Waals surface area contributed by atoms with E-state index in [1.54, 1.807) is 24.3 Å². The molecule has 0 bridgehead atoms. The Kier molecular flexibility index (Phi) is 3.76. The molecule has 0 N–H and O–H groups in total. The Labute approximate surface area is 136 Å². The summed E-state index contributed by atoms with van der Waals surface area (Å²) in [6.07, 6.45) is -1.08. The molecule has 2 amide bonds. The average Bonchev–Trinajstić information content (AvgIpc) is 2.54. The monoisotopic (exact) mass is 325 g/mol. The molecular weight excluding hydrogens is 314 g/mol. The van der Waals surface area contributed by atoms with Crippen LogP contribution in [0.4, 0.5) is 0 Å². The van der Waals surface area contributed by atoms with Crippen LogP contribution in [0.3, 0.4) is 0 Å². The van der Waals surface area contributed by atoms with E-state index in [1.165, 1.54) is 12.1 Å². The van der Waals surface area contributed by atoms with Gasteiger partial charge in [-0.15, -0.1) is 0 Å². The third-order valence-corrected chi connectivity index (χ3v) is 4.01. The van der Waals surface area contributed by atoms with E-state index in [0.29, 0.717) is 15.7 Å². The number of imide groups is 1. The summed E-state index contributed by atoms with van der Waals surface area (Å²) in [5.74, 6) is -4.72. The summed E-state index contributed by atoms with van der Waals surface area (Å²) in [7, 11) is 0. The molecule has 0 unspecified atom stereocenters. The van der Waals surface area contributed by atoms with Crippen LogP contribution in [0.1, 0.15) is 33.6 Å². The van der Waals surface area contributed by atoms with E-state index in [0.717, 1.165) is 0 Å². The van der Waals surface area contributed by atoms with Crippen molar-refractivity contribution in [3.63, 3.8) is 0 Å². The molecule has 0 saturated heterocycles. The van der Waals surface area contributed by atoms with Gasteiger partial charge in [-0.05, 0) is 30.4 Å². The topological polar surface area (TPSA) is 118 Å². The second-order valence-electron chi connectivity index (χ2n) is 5.44. The number of carboxylic acid groups (broad SMARTS) is 2. The Balaban J connectivity index is 2.11. The van der Waals surface area contributed by atoms with Crippen molar-refractivity contribution in [2.24, 2.45) is 0 Å². The Morgan fingerprint density at radius 2 is 1.50 bits per heavy atom. The largest absolute Gasteiger partial charge is 0.550 e. The smallest absolute Gasteiger partial charge is 0.262 e. The Morgan fingerprint density at radius 1 is 0.958 bits per heavy atom. The number of hydrogen-bond donors (Lipinski definition) is 0. The average molecular weight is 325 g/mol. The van der Waals surface area contributed by atoms with Gasteiger partial charge < -0.3 is 19.8 Å². The molecule has 7 heteroatoms. The quantitative estimate of drug-likeness (QED) is 0.656. The molecule has 3 rings (SSSR count). The highest BCUT2D eigenvalue weighted by atomic mass is 16.4. The molecule has 0 aromatic heterocycles. The number of aliphatic carboxylic acids is 2. The summed E-state index contributed by atoms with van der Waals surface area (Å²) >= 11 is 0. The second-order valence-corrected chi connectivity index (χ2v) is 5.44. The lowest BCUT2D eigenvalue weighted by Crippen LogP contribution is -2.54. The van der Waals surface area contributed by atoms with Crippen LogP contribution in [-0.2, 0) is 9.59 Å². The minimum atomic E-state index is -1.69. The minimum absolute atomic E-state index is 0.197. The van der Waals surface area contributed by atoms with E-state index >= 15 is 0 Å². The number of amides is 2. The molecule has 24 heavy (non-hydrogen) atoms. The van der Waals surface area contributed by atoms with Crippen LogP contribution < -0.4 is 10.2 Å². The normalized spacial score (nSPS) is 14.8. The highest BCUT2D eigenvalue weighted by Gasteiger charge is 2.37. The minimum Gasteiger partial charge on any atom is -0.550 e. The standard InChI is InChI=1S/C17H13NO6/c19-13(20)8-7-12(17(23)24)18-15(21)10-5-1-3-9-4-2-6-11(14(9)10)16(18)22/h1-6,12H,7-8H2,(H,19,20)(H,23,24)/p-2/t12-/m0/s1. The number of carbonyl (C=O) groups is 4. The zero-order chi connectivity index (χ0) is 17.4. The van der Waals surface area contributed by atoms with Crippen LogP contribution in [0.2, 0.25) is 0 Å². The third-order valence-electron chi connectivity index (χ3n) is 4.01. The van der Waals surface area contributed by atoms with Gasteiger partial charge in [-0.25, -0.2) is 0 Å². The van der Waals surface area contributed by atoms with E-state index in [9.17, 15) is 29.4 Å². The number of carbonyl (C=O) groups excluding carboxylic acids is 4. The Morgan fingerprint density at radius 3 is 1.96 bits per heavy atom. The molecule has 2 aromatic carbocycles. The van der Waals surface area contributed by atoms with Crippen LogP contribution in [-0.4, -0.2) is 34.7 Å². The van der Waals surface area contributed by atoms with Crippen LogP contribution >= 0.6 is 0 Å². The van der Waals surface area contributed by atoms with E-state index in [4.69, 9.17) is 0 Å². The zero-order valence-electron chi connectivity index (χ0n) is 12.4. The summed E-state index contributed by atoms with van der Waals surface area (Å²) < 4.78 is 0. The molecule has 0 radical (unpaired) electrons. The molecule has 122 valence electrons. The van der Waals surface area contributed by atoms with Crippen molar-refractivity contribution >= 4 is 34.5 Å². The summed E-state index contributed by atoms with van der Waals surface area (Å²) in [5, 5.41) is 23.1. The Hall–Kier alpha value is -3.22. The van der Waals surface area contributed by atoms with E-state index < -0.39 is 42.6 Å². The molecule has 0 fully saturated rings. The third kappa shape index (κ3) is 2.40. The molecule has 1 aliphatic heterocycles. The van der Waals surface area contributed by atoms with E-state index in [2.05, 4.69) is 0 Å². The second kappa shape index (κ2) is 5.77. The van der Waals surface area contributed by atoms with Gasteiger partial charge in [-0.1, -0.05) is 24.3 Å². The van der Waals surface area contributed by atoms with Gasteiger partial charge in [-0.3, -0.25) is 14.5 Å². The van der Waals surface area contributed by atoms with Crippen molar-refractivity contribution in [1.29, 1.82) is 0 Å². The van der Waals surface area contributed by atoms with Gasteiger partial charge in [0, 0.05) is 22.5 Å². The zero-order valence-corrected chi connectivity index (χ0v) is 12.4. The number of rotatable bonds is 5. The molecule has 7 nitrogen and oxygen atoms in total. The summed E-state index contributed by atoms with van der Waals surface area (Å²) in [4.78, 5) is 47.9. The maximum Gasteiger partial charge on any atom is 0.262 e. The molecule has 2 aromatic rings. The summed E-state index contributed by atoms with van der Waals surface area (Å²) in [6, 6.07) is 8.06. The van der Waals surface area contributed by atoms with Crippen molar-refractivity contribution in [3.05, 3.63) is 47.5 Å². The van der Waals surface area contributed by atoms with Crippen LogP contribution in [0.5, 0.6) is 0 Å². The molecule has 0 saturated carbocycles. The fourth-order valence-corrected chi connectivity index (χ4v) is 2.94. The molecule has 0 aliphatic carbocycles. The molecule has 1 heterocycles. The highest BCUT2D eigenvalue weighted by molar-refractivity contribution is 6.26. The number of carboxylic acids is 2. The lowest BCUT2D eigenvalue weighted by Gasteiger charge is -2.34. The molecule has 0 spiro atoms. The SMILES string of the molecule is O=C([O-])CC[C@@H](C(=O)[O-])N1C(=O)c2cccc3cccc(c23)C1=O. The number of hydrogen-bond acceptors (Lipinski definition) is 6. The van der Waals surface area contributed by atoms with Crippen molar-refractivity contribution in [1.82, 2.24) is 4.90 Å². The van der Waals surface area contributed by atoms with Crippen molar-refractivity contribution in [2.45, 2.75) is 18.9 Å². The lowest BCUT2D eigenvalue weighted by atomic mass is 9.92. The first kappa shape index (κ1) is 15.7. The maximum absolute atomic E-state index is 12.7.